The largest absolute Gasteiger partial charge is 0.490 e. The minimum atomic E-state index is -0.254. The predicted molar refractivity (Wildman–Crippen MR) is 132 cm³/mol. The van der Waals surface area contributed by atoms with Crippen LogP contribution in [0.15, 0.2) is 66.7 Å². The first-order chi connectivity index (χ1) is 16.2. The Morgan fingerprint density at radius 1 is 0.939 bits per heavy atom. The monoisotopic (exact) mass is 462 g/mol. The minimum Gasteiger partial charge on any atom is -0.490 e. The number of hydrogen-bond acceptors (Lipinski definition) is 6. The molecule has 0 aliphatic rings. The highest BCUT2D eigenvalue weighted by Crippen LogP contribution is 2.32. The van der Waals surface area contributed by atoms with Gasteiger partial charge in [-0.3, -0.25) is 10.1 Å². The highest BCUT2D eigenvalue weighted by molar-refractivity contribution is 7.22. The van der Waals surface area contributed by atoms with Gasteiger partial charge in [0.25, 0.3) is 5.91 Å². The van der Waals surface area contributed by atoms with Crippen LogP contribution in [0, 0.1) is 0 Å². The molecule has 4 rings (SSSR count). The van der Waals surface area contributed by atoms with Gasteiger partial charge in [0.1, 0.15) is 11.5 Å². The average molecular weight is 463 g/mol. The molecule has 6 nitrogen and oxygen atoms in total. The van der Waals surface area contributed by atoms with Crippen molar-refractivity contribution in [2.75, 3.05) is 18.5 Å². The third-order valence-corrected chi connectivity index (χ3v) is 5.75. The molecule has 0 saturated heterocycles. The van der Waals surface area contributed by atoms with Gasteiger partial charge >= 0.3 is 0 Å². The third kappa shape index (κ3) is 5.81. The molecule has 0 spiro atoms. The fourth-order valence-electron chi connectivity index (χ4n) is 3.18. The maximum Gasteiger partial charge on any atom is 0.257 e. The highest BCUT2D eigenvalue weighted by Gasteiger charge is 2.14. The molecule has 1 aromatic heterocycles. The number of thiazole rings is 1. The molecule has 33 heavy (non-hydrogen) atoms. The lowest BCUT2D eigenvalue weighted by Gasteiger charge is -2.13. The number of rotatable bonds is 10. The second kappa shape index (κ2) is 10.8. The van der Waals surface area contributed by atoms with Crippen LogP contribution in [-0.4, -0.2) is 24.1 Å². The molecule has 0 aliphatic carbocycles. The number of nitrogens with one attached hydrogen (secondary N) is 1. The predicted octanol–water partition coefficient (Wildman–Crippen LogP) is 6.92. The van der Waals surface area contributed by atoms with Gasteiger partial charge in [-0.2, -0.15) is 0 Å². The molecule has 0 atom stereocenters. The van der Waals surface area contributed by atoms with E-state index in [0.29, 0.717) is 35.4 Å². The van der Waals surface area contributed by atoms with Crippen molar-refractivity contribution in [3.8, 4) is 23.0 Å². The topological polar surface area (TPSA) is 69.7 Å². The van der Waals surface area contributed by atoms with E-state index in [4.69, 9.17) is 14.2 Å². The Morgan fingerprint density at radius 3 is 2.58 bits per heavy atom. The Hall–Kier alpha value is -3.58. The van der Waals surface area contributed by atoms with Gasteiger partial charge in [0.05, 0.1) is 23.4 Å². The fourth-order valence-corrected chi connectivity index (χ4v) is 4.07. The standard InChI is InChI=1S/C26H26N2O4S/c1-3-5-15-31-22-14-11-18(16-23(22)30-4-2)25(29)28-26-27-21-13-12-20(17-24(21)33-26)32-19-9-7-6-8-10-19/h6-14,16-17H,3-5,15H2,1-2H3,(H,27,28,29). The molecular formula is C26H26N2O4S. The summed E-state index contributed by atoms with van der Waals surface area (Å²) in [5.41, 5.74) is 1.28. The first-order valence-corrected chi connectivity index (χ1v) is 11.8. The summed E-state index contributed by atoms with van der Waals surface area (Å²) in [6, 6.07) is 20.5. The SMILES string of the molecule is CCCCOc1ccc(C(=O)Nc2nc3ccc(Oc4ccccc4)cc3s2)cc1OCC. The number of unbranched alkanes of at least 4 members (excludes halogenated alkanes) is 1. The Kier molecular flexibility index (Phi) is 7.42. The molecule has 3 aromatic carbocycles. The van der Waals surface area contributed by atoms with Crippen molar-refractivity contribution < 1.29 is 19.0 Å². The van der Waals surface area contributed by atoms with Gasteiger partial charge < -0.3 is 14.2 Å². The number of aromatic nitrogens is 1. The van der Waals surface area contributed by atoms with E-state index < -0.39 is 0 Å². The summed E-state index contributed by atoms with van der Waals surface area (Å²) < 4.78 is 18.3. The van der Waals surface area contributed by atoms with Gasteiger partial charge in [0.15, 0.2) is 16.6 Å². The third-order valence-electron chi connectivity index (χ3n) is 4.82. The van der Waals surface area contributed by atoms with Crippen LogP contribution in [0.5, 0.6) is 23.0 Å². The summed E-state index contributed by atoms with van der Waals surface area (Å²) >= 11 is 1.40. The smallest absolute Gasteiger partial charge is 0.257 e. The molecule has 0 saturated carbocycles. The van der Waals surface area contributed by atoms with Gasteiger partial charge in [-0.15, -0.1) is 0 Å². The Balaban J connectivity index is 1.48. The summed E-state index contributed by atoms with van der Waals surface area (Å²) in [6.07, 6.45) is 2.01. The number of benzene rings is 3. The number of anilines is 1. The molecular weight excluding hydrogens is 436 g/mol. The summed E-state index contributed by atoms with van der Waals surface area (Å²) in [6.45, 7) is 5.11. The highest BCUT2D eigenvalue weighted by atomic mass is 32.1. The number of hydrogen-bond donors (Lipinski definition) is 1. The van der Waals surface area contributed by atoms with E-state index in [2.05, 4.69) is 17.2 Å². The van der Waals surface area contributed by atoms with Crippen LogP contribution < -0.4 is 19.5 Å². The van der Waals surface area contributed by atoms with Crippen molar-refractivity contribution in [1.29, 1.82) is 0 Å². The summed E-state index contributed by atoms with van der Waals surface area (Å²) in [5, 5.41) is 3.41. The maximum absolute atomic E-state index is 12.9. The molecule has 4 aromatic rings. The molecule has 0 unspecified atom stereocenters. The Morgan fingerprint density at radius 2 is 1.79 bits per heavy atom. The van der Waals surface area contributed by atoms with E-state index >= 15 is 0 Å². The fraction of sp³-hybridized carbons (Fsp3) is 0.231. The molecule has 0 radical (unpaired) electrons. The second-order valence-electron chi connectivity index (χ2n) is 7.31. The maximum atomic E-state index is 12.9. The zero-order valence-corrected chi connectivity index (χ0v) is 19.5. The second-order valence-corrected chi connectivity index (χ2v) is 8.34. The number of nitrogens with zero attached hydrogens (tertiary/aromatic N) is 1. The van der Waals surface area contributed by atoms with Gasteiger partial charge in [0, 0.05) is 11.6 Å². The molecule has 0 bridgehead atoms. The van der Waals surface area contributed by atoms with E-state index in [1.54, 1.807) is 18.2 Å². The molecule has 1 N–H and O–H groups in total. The van der Waals surface area contributed by atoms with Crippen molar-refractivity contribution in [2.24, 2.45) is 0 Å². The number of para-hydroxylation sites is 1. The number of fused-ring (bicyclic) bond motifs is 1. The van der Waals surface area contributed by atoms with E-state index in [9.17, 15) is 4.79 Å². The van der Waals surface area contributed by atoms with Crippen LogP contribution in [0.2, 0.25) is 0 Å². The van der Waals surface area contributed by atoms with E-state index in [1.807, 2.05) is 55.5 Å². The Bertz CT molecular complexity index is 1220. The average Bonchev–Trinajstić information content (AvgIpc) is 3.22. The zero-order valence-electron chi connectivity index (χ0n) is 18.7. The van der Waals surface area contributed by atoms with Crippen molar-refractivity contribution in [3.05, 3.63) is 72.3 Å². The van der Waals surface area contributed by atoms with Crippen molar-refractivity contribution in [3.63, 3.8) is 0 Å². The van der Waals surface area contributed by atoms with Crippen molar-refractivity contribution >= 4 is 32.6 Å². The molecule has 0 aliphatic heterocycles. The van der Waals surface area contributed by atoms with E-state index in [0.717, 1.165) is 34.6 Å². The van der Waals surface area contributed by atoms with Crippen molar-refractivity contribution in [1.82, 2.24) is 4.98 Å². The summed E-state index contributed by atoms with van der Waals surface area (Å²) in [4.78, 5) is 17.4. The van der Waals surface area contributed by atoms with Gasteiger partial charge in [0.2, 0.25) is 0 Å². The van der Waals surface area contributed by atoms with Crippen LogP contribution in [0.1, 0.15) is 37.0 Å². The van der Waals surface area contributed by atoms with Gasteiger partial charge in [-0.05, 0) is 55.8 Å². The number of carbonyl (C=O) groups is 1. The summed E-state index contributed by atoms with van der Waals surface area (Å²) in [7, 11) is 0. The van der Waals surface area contributed by atoms with Crippen molar-refractivity contribution in [2.45, 2.75) is 26.7 Å². The van der Waals surface area contributed by atoms with E-state index in [1.165, 1.54) is 11.3 Å². The lowest BCUT2D eigenvalue weighted by Crippen LogP contribution is -2.12. The van der Waals surface area contributed by atoms with Gasteiger partial charge in [-0.1, -0.05) is 42.9 Å². The molecule has 7 heteroatoms. The first-order valence-electron chi connectivity index (χ1n) is 11.0. The number of carbonyl (C=O) groups excluding carboxylic acids is 1. The molecule has 1 heterocycles. The van der Waals surface area contributed by atoms with Crippen LogP contribution in [0.25, 0.3) is 10.2 Å². The zero-order chi connectivity index (χ0) is 23.0. The van der Waals surface area contributed by atoms with Crippen LogP contribution in [0.3, 0.4) is 0 Å². The lowest BCUT2D eigenvalue weighted by molar-refractivity contribution is 0.102. The normalized spacial score (nSPS) is 10.7. The number of ether oxygens (including phenoxy) is 3. The molecule has 1 amide bonds. The van der Waals surface area contributed by atoms with Crippen LogP contribution in [0.4, 0.5) is 5.13 Å². The van der Waals surface area contributed by atoms with Crippen LogP contribution in [-0.2, 0) is 0 Å². The van der Waals surface area contributed by atoms with Crippen LogP contribution >= 0.6 is 11.3 Å². The molecule has 0 fully saturated rings. The lowest BCUT2D eigenvalue weighted by atomic mass is 10.2. The molecule has 170 valence electrons. The summed E-state index contributed by atoms with van der Waals surface area (Å²) in [5.74, 6) is 2.44. The first kappa shape index (κ1) is 22.6. The van der Waals surface area contributed by atoms with E-state index in [-0.39, 0.29) is 5.91 Å². The minimum absolute atomic E-state index is 0.254. The number of amides is 1. The quantitative estimate of drug-likeness (QED) is 0.259. The Labute approximate surface area is 197 Å². The van der Waals surface area contributed by atoms with Gasteiger partial charge in [-0.25, -0.2) is 4.98 Å².